The van der Waals surface area contributed by atoms with E-state index in [4.69, 9.17) is 24.4 Å². The molecule has 1 unspecified atom stereocenters. The summed E-state index contributed by atoms with van der Waals surface area (Å²) in [4.78, 5) is 0. The van der Waals surface area contributed by atoms with Gasteiger partial charge in [0, 0.05) is 0 Å². The zero-order valence-corrected chi connectivity index (χ0v) is 11.4. The molecule has 76 valence electrons. The van der Waals surface area contributed by atoms with Crippen molar-refractivity contribution in [2.75, 3.05) is 20.6 Å². The fourth-order valence-electron chi connectivity index (χ4n) is 0.652. The summed E-state index contributed by atoms with van der Waals surface area (Å²) >= 11 is 18.0. The summed E-state index contributed by atoms with van der Waals surface area (Å²) in [6.45, 7) is 2.83. The second-order valence-electron chi connectivity index (χ2n) is 3.36. The van der Waals surface area contributed by atoms with Crippen molar-refractivity contribution in [2.45, 2.75) is 13.0 Å². The van der Waals surface area contributed by atoms with Crippen molar-refractivity contribution in [2.24, 2.45) is 0 Å². The van der Waals surface area contributed by atoms with E-state index in [-0.39, 0.29) is 0 Å². The maximum absolute atomic E-state index is 5.04. The minimum absolute atomic E-state index is 0.315. The first kappa shape index (κ1) is 13.6. The lowest BCUT2D eigenvalue weighted by molar-refractivity contribution is -0.817. The Morgan fingerprint density at radius 3 is 2.15 bits per heavy atom. The first-order valence-electron chi connectivity index (χ1n) is 3.82. The summed E-state index contributed by atoms with van der Waals surface area (Å²) in [6, 6.07) is 0.315. The van der Waals surface area contributed by atoms with Gasteiger partial charge in [-0.3, -0.25) is 4.48 Å². The van der Waals surface area contributed by atoms with Crippen LogP contribution in [-0.4, -0.2) is 39.8 Å². The van der Waals surface area contributed by atoms with E-state index in [1.165, 1.54) is 0 Å². The van der Waals surface area contributed by atoms with Crippen LogP contribution in [0.3, 0.4) is 0 Å². The third kappa shape index (κ3) is 4.60. The van der Waals surface area contributed by atoms with Crippen LogP contribution < -0.4 is 5.32 Å². The van der Waals surface area contributed by atoms with Gasteiger partial charge >= 0.3 is 0 Å². The second kappa shape index (κ2) is 5.50. The zero-order valence-electron chi connectivity index (χ0n) is 7.94. The zero-order chi connectivity index (χ0) is 10.6. The van der Waals surface area contributed by atoms with Crippen molar-refractivity contribution in [1.29, 1.82) is 0 Å². The number of thiocarbonyl (C=S) groups is 2. The first-order valence-corrected chi connectivity index (χ1v) is 5.53. The van der Waals surface area contributed by atoms with Crippen molar-refractivity contribution in [3.05, 3.63) is 0 Å². The predicted molar refractivity (Wildman–Crippen MR) is 72.7 cm³/mol. The third-order valence-electron chi connectivity index (χ3n) is 2.14. The summed E-state index contributed by atoms with van der Waals surface area (Å²) in [5, 5.41) is 2.99. The van der Waals surface area contributed by atoms with Gasteiger partial charge < -0.3 is 5.32 Å². The van der Waals surface area contributed by atoms with Crippen molar-refractivity contribution in [1.82, 2.24) is 5.32 Å². The summed E-state index contributed by atoms with van der Waals surface area (Å²) < 4.78 is 1.76. The van der Waals surface area contributed by atoms with Crippen LogP contribution in [0.15, 0.2) is 0 Å². The van der Waals surface area contributed by atoms with Crippen LogP contribution in [0.25, 0.3) is 0 Å². The van der Waals surface area contributed by atoms with Crippen molar-refractivity contribution in [3.8, 4) is 0 Å². The third-order valence-corrected chi connectivity index (χ3v) is 3.43. The minimum atomic E-state index is 0.315. The molecular formula is C7H15N2S4+. The number of hydrogen-bond donors (Lipinski definition) is 3. The van der Waals surface area contributed by atoms with Crippen LogP contribution in [0.1, 0.15) is 6.92 Å². The van der Waals surface area contributed by atoms with Crippen LogP contribution >= 0.6 is 49.7 Å². The number of nitrogens with one attached hydrogen (secondary N) is 1. The minimum Gasteiger partial charge on any atom is -0.365 e. The Hall–Kier alpha value is 0.640. The van der Waals surface area contributed by atoms with E-state index in [0.717, 1.165) is 6.54 Å². The summed E-state index contributed by atoms with van der Waals surface area (Å²) in [5.41, 5.74) is 0. The van der Waals surface area contributed by atoms with Crippen LogP contribution in [0.4, 0.5) is 0 Å². The highest BCUT2D eigenvalue weighted by atomic mass is 32.1. The van der Waals surface area contributed by atoms with Gasteiger partial charge in [-0.05, 0) is 19.1 Å². The quantitative estimate of drug-likeness (QED) is 0.401. The van der Waals surface area contributed by atoms with E-state index >= 15 is 0 Å². The molecule has 0 saturated heterocycles. The Labute approximate surface area is 101 Å². The van der Waals surface area contributed by atoms with E-state index in [1.807, 2.05) is 14.1 Å². The van der Waals surface area contributed by atoms with Gasteiger partial charge in [-0.15, -0.1) is 12.6 Å². The molecule has 0 aromatic rings. The number of thiol groups is 2. The van der Waals surface area contributed by atoms with E-state index < -0.39 is 0 Å². The molecule has 0 saturated carbocycles. The molecule has 0 aromatic heterocycles. The molecule has 1 atom stereocenters. The van der Waals surface area contributed by atoms with E-state index in [0.29, 0.717) is 19.2 Å². The van der Waals surface area contributed by atoms with Gasteiger partial charge in [0.1, 0.15) is 10.4 Å². The SMILES string of the molecule is CC(CNC(=S)S)[N+](C)(C)C(=S)S. The molecule has 1 N–H and O–H groups in total. The van der Waals surface area contributed by atoms with Crippen molar-refractivity contribution in [3.63, 3.8) is 0 Å². The predicted octanol–water partition coefficient (Wildman–Crippen LogP) is 1.47. The molecule has 0 spiro atoms. The van der Waals surface area contributed by atoms with E-state index in [1.54, 1.807) is 0 Å². The molecule has 2 nitrogen and oxygen atoms in total. The lowest BCUT2D eigenvalue weighted by Gasteiger charge is -2.33. The Balaban J connectivity index is 4.17. The van der Waals surface area contributed by atoms with Crippen LogP contribution in [0.2, 0.25) is 0 Å². The topological polar surface area (TPSA) is 12.0 Å². The standard InChI is InChI=1S/C7H14N2S4/c1-5(4-8-6(10)11)9(2,3)7(12)13/h5H,4H2,1-3H3,(H2-,8,10,11,12,13)/p+1. The van der Waals surface area contributed by atoms with Crippen molar-refractivity contribution >= 4 is 58.3 Å². The average Bonchev–Trinajstić information content (AvgIpc) is 1.99. The second-order valence-corrected chi connectivity index (χ2v) is 5.63. The molecule has 0 amide bonds. The van der Waals surface area contributed by atoms with E-state index in [2.05, 4.69) is 37.5 Å². The maximum Gasteiger partial charge on any atom is 0.230 e. The number of hydrogen-bond acceptors (Lipinski definition) is 2. The molecule has 0 heterocycles. The first-order chi connectivity index (χ1) is 5.78. The molecule has 0 aliphatic rings. The van der Waals surface area contributed by atoms with Gasteiger partial charge in [0.2, 0.25) is 4.32 Å². The van der Waals surface area contributed by atoms with Gasteiger partial charge in [0.05, 0.1) is 20.6 Å². The fraction of sp³-hybridized carbons (Fsp3) is 0.714. The summed E-state index contributed by atoms with van der Waals surface area (Å²) in [5.74, 6) is 0. The summed E-state index contributed by atoms with van der Waals surface area (Å²) in [6.07, 6.45) is 0. The smallest absolute Gasteiger partial charge is 0.230 e. The summed E-state index contributed by atoms with van der Waals surface area (Å²) in [7, 11) is 4.03. The normalized spacial score (nSPS) is 13.6. The molecular weight excluding hydrogens is 240 g/mol. The fourth-order valence-corrected chi connectivity index (χ4v) is 1.20. The molecule has 13 heavy (non-hydrogen) atoms. The highest BCUT2D eigenvalue weighted by molar-refractivity contribution is 8.11. The molecule has 0 bridgehead atoms. The Morgan fingerprint density at radius 1 is 1.38 bits per heavy atom. The van der Waals surface area contributed by atoms with Gasteiger partial charge in [-0.25, -0.2) is 0 Å². The van der Waals surface area contributed by atoms with E-state index in [9.17, 15) is 0 Å². The molecule has 0 aliphatic heterocycles. The Morgan fingerprint density at radius 2 is 1.85 bits per heavy atom. The molecule has 0 fully saturated rings. The van der Waals surface area contributed by atoms with Crippen molar-refractivity contribution < 1.29 is 4.48 Å². The lowest BCUT2D eigenvalue weighted by Crippen LogP contribution is -2.53. The Kier molecular flexibility index (Phi) is 5.77. The van der Waals surface area contributed by atoms with Gasteiger partial charge in [0.15, 0.2) is 0 Å². The Bertz CT molecular complexity index is 215. The highest BCUT2D eigenvalue weighted by Crippen LogP contribution is 2.10. The van der Waals surface area contributed by atoms with Crippen LogP contribution in [-0.2, 0) is 0 Å². The molecule has 0 radical (unpaired) electrons. The van der Waals surface area contributed by atoms with Crippen LogP contribution in [0, 0.1) is 0 Å². The highest BCUT2D eigenvalue weighted by Gasteiger charge is 2.27. The molecule has 0 rings (SSSR count). The van der Waals surface area contributed by atoms with Gasteiger partial charge in [-0.1, -0.05) is 24.8 Å². The molecule has 6 heteroatoms. The van der Waals surface area contributed by atoms with Gasteiger partial charge in [0.25, 0.3) is 0 Å². The van der Waals surface area contributed by atoms with Crippen LogP contribution in [0.5, 0.6) is 0 Å². The number of nitrogens with zero attached hydrogens (tertiary/aromatic N) is 1. The molecule has 0 aliphatic carbocycles. The number of likely N-dealkylation sites (N-methyl/N-ethyl adjacent to an activating group) is 1. The maximum atomic E-state index is 5.04. The number of rotatable bonds is 3. The molecule has 0 aromatic carbocycles. The number of quaternary nitrogens is 1. The monoisotopic (exact) mass is 255 g/mol. The largest absolute Gasteiger partial charge is 0.365 e. The lowest BCUT2D eigenvalue weighted by atomic mass is 10.3. The average molecular weight is 255 g/mol. The van der Waals surface area contributed by atoms with Gasteiger partial charge in [-0.2, -0.15) is 0 Å².